The molecular formula is C22H31N3O2. The van der Waals surface area contributed by atoms with Crippen LogP contribution in [-0.4, -0.2) is 71.8 Å². The Morgan fingerprint density at radius 2 is 1.89 bits per heavy atom. The van der Waals surface area contributed by atoms with Gasteiger partial charge < -0.3 is 9.80 Å². The minimum absolute atomic E-state index is 0.132. The average Bonchev–Trinajstić information content (AvgIpc) is 3.10. The standard InChI is InChI=1S/C22H31N3O2/c1-3-18(2)25-17-20(16-21(25)26)22(27)24-14-12-23(13-15-24)11-7-10-19-8-5-4-6-9-19/h4-10,18,20H,3,11-17H2,1-2H3/b10-7+. The van der Waals surface area contributed by atoms with E-state index < -0.39 is 0 Å². The lowest BCUT2D eigenvalue weighted by Gasteiger charge is -2.35. The predicted octanol–water partition coefficient (Wildman–Crippen LogP) is 2.49. The molecule has 2 unspecified atom stereocenters. The van der Waals surface area contributed by atoms with Crippen molar-refractivity contribution in [2.75, 3.05) is 39.3 Å². The molecule has 146 valence electrons. The van der Waals surface area contributed by atoms with E-state index in [4.69, 9.17) is 0 Å². The molecule has 2 saturated heterocycles. The largest absolute Gasteiger partial charge is 0.340 e. The molecule has 2 aliphatic heterocycles. The molecule has 2 heterocycles. The van der Waals surface area contributed by atoms with E-state index in [2.05, 4.69) is 43.0 Å². The van der Waals surface area contributed by atoms with Crippen LogP contribution in [-0.2, 0) is 9.59 Å². The minimum atomic E-state index is -0.156. The lowest BCUT2D eigenvalue weighted by Crippen LogP contribution is -2.50. The summed E-state index contributed by atoms with van der Waals surface area (Å²) in [6.45, 7) is 8.93. The van der Waals surface area contributed by atoms with Crippen LogP contribution in [0.1, 0.15) is 32.3 Å². The first-order chi connectivity index (χ1) is 13.1. The van der Waals surface area contributed by atoms with Crippen LogP contribution in [0.15, 0.2) is 36.4 Å². The topological polar surface area (TPSA) is 43.9 Å². The maximum atomic E-state index is 12.8. The zero-order valence-electron chi connectivity index (χ0n) is 16.5. The van der Waals surface area contributed by atoms with Crippen molar-refractivity contribution in [1.82, 2.24) is 14.7 Å². The van der Waals surface area contributed by atoms with E-state index in [9.17, 15) is 9.59 Å². The molecule has 1 aromatic rings. The van der Waals surface area contributed by atoms with Gasteiger partial charge in [-0.05, 0) is 18.9 Å². The van der Waals surface area contributed by atoms with Crippen LogP contribution in [0, 0.1) is 5.92 Å². The van der Waals surface area contributed by atoms with Crippen LogP contribution in [0.5, 0.6) is 0 Å². The van der Waals surface area contributed by atoms with E-state index in [0.717, 1.165) is 39.1 Å². The first-order valence-electron chi connectivity index (χ1n) is 10.1. The molecule has 0 bridgehead atoms. The van der Waals surface area contributed by atoms with E-state index >= 15 is 0 Å². The zero-order valence-corrected chi connectivity index (χ0v) is 16.5. The summed E-state index contributed by atoms with van der Waals surface area (Å²) in [5, 5.41) is 0. The van der Waals surface area contributed by atoms with Crippen molar-refractivity contribution < 1.29 is 9.59 Å². The number of amides is 2. The van der Waals surface area contributed by atoms with Crippen molar-refractivity contribution in [1.29, 1.82) is 0 Å². The van der Waals surface area contributed by atoms with Gasteiger partial charge in [0.1, 0.15) is 0 Å². The molecule has 0 aromatic heterocycles. The fourth-order valence-electron chi connectivity index (χ4n) is 3.85. The molecule has 5 nitrogen and oxygen atoms in total. The Morgan fingerprint density at radius 3 is 2.56 bits per heavy atom. The summed E-state index contributed by atoms with van der Waals surface area (Å²) >= 11 is 0. The number of rotatable bonds is 6. The van der Waals surface area contributed by atoms with Gasteiger partial charge in [-0.3, -0.25) is 14.5 Å². The predicted molar refractivity (Wildman–Crippen MR) is 108 cm³/mol. The van der Waals surface area contributed by atoms with Gasteiger partial charge in [0.05, 0.1) is 5.92 Å². The van der Waals surface area contributed by atoms with Gasteiger partial charge in [0, 0.05) is 51.7 Å². The fraction of sp³-hybridized carbons (Fsp3) is 0.545. The number of likely N-dealkylation sites (tertiary alicyclic amines) is 1. The summed E-state index contributed by atoms with van der Waals surface area (Å²) in [7, 11) is 0. The van der Waals surface area contributed by atoms with E-state index in [0.29, 0.717) is 13.0 Å². The first-order valence-corrected chi connectivity index (χ1v) is 10.1. The van der Waals surface area contributed by atoms with Crippen LogP contribution < -0.4 is 0 Å². The third-order valence-corrected chi connectivity index (χ3v) is 5.79. The van der Waals surface area contributed by atoms with Crippen LogP contribution >= 0.6 is 0 Å². The average molecular weight is 370 g/mol. The summed E-state index contributed by atoms with van der Waals surface area (Å²) in [4.78, 5) is 31.2. The fourth-order valence-corrected chi connectivity index (χ4v) is 3.85. The van der Waals surface area contributed by atoms with Crippen molar-refractivity contribution in [2.24, 2.45) is 5.92 Å². The molecule has 0 aliphatic carbocycles. The molecule has 0 radical (unpaired) electrons. The Labute approximate surface area is 162 Å². The van der Waals surface area contributed by atoms with Gasteiger partial charge in [-0.15, -0.1) is 0 Å². The molecular weight excluding hydrogens is 338 g/mol. The Morgan fingerprint density at radius 1 is 1.19 bits per heavy atom. The summed E-state index contributed by atoms with van der Waals surface area (Å²) in [6, 6.07) is 10.5. The van der Waals surface area contributed by atoms with Crippen molar-refractivity contribution in [2.45, 2.75) is 32.7 Å². The van der Waals surface area contributed by atoms with Gasteiger partial charge in [-0.25, -0.2) is 0 Å². The summed E-state index contributed by atoms with van der Waals surface area (Å²) < 4.78 is 0. The molecule has 0 N–H and O–H groups in total. The quantitative estimate of drug-likeness (QED) is 0.774. The van der Waals surface area contributed by atoms with Gasteiger partial charge >= 0.3 is 0 Å². The van der Waals surface area contributed by atoms with Crippen LogP contribution in [0.4, 0.5) is 0 Å². The third kappa shape index (κ3) is 4.98. The smallest absolute Gasteiger partial charge is 0.228 e. The van der Waals surface area contributed by atoms with E-state index in [1.165, 1.54) is 5.56 Å². The molecule has 2 atom stereocenters. The Bertz CT molecular complexity index is 665. The first kappa shape index (κ1) is 19.6. The molecule has 1 aromatic carbocycles. The van der Waals surface area contributed by atoms with Crippen molar-refractivity contribution in [3.63, 3.8) is 0 Å². The van der Waals surface area contributed by atoms with Gasteiger partial charge in [-0.2, -0.15) is 0 Å². The number of piperazine rings is 1. The molecule has 0 spiro atoms. The molecule has 2 amide bonds. The van der Waals surface area contributed by atoms with Gasteiger partial charge in [0.15, 0.2) is 0 Å². The number of hydrogen-bond donors (Lipinski definition) is 0. The number of carbonyl (C=O) groups excluding carboxylic acids is 2. The van der Waals surface area contributed by atoms with Crippen molar-refractivity contribution in [3.05, 3.63) is 42.0 Å². The lowest BCUT2D eigenvalue weighted by atomic mass is 10.1. The molecule has 2 aliphatic rings. The van der Waals surface area contributed by atoms with Gasteiger partial charge in [0.25, 0.3) is 0 Å². The lowest BCUT2D eigenvalue weighted by molar-refractivity contribution is -0.137. The van der Waals surface area contributed by atoms with Crippen molar-refractivity contribution >= 4 is 17.9 Å². The van der Waals surface area contributed by atoms with Crippen LogP contribution in [0.25, 0.3) is 6.08 Å². The second kappa shape index (κ2) is 9.18. The zero-order chi connectivity index (χ0) is 19.2. The van der Waals surface area contributed by atoms with Gasteiger partial charge in [-0.1, -0.05) is 49.4 Å². The number of benzene rings is 1. The molecule has 5 heteroatoms. The monoisotopic (exact) mass is 369 g/mol. The molecule has 3 rings (SSSR count). The highest BCUT2D eigenvalue weighted by Gasteiger charge is 2.38. The Balaban J connectivity index is 1.44. The highest BCUT2D eigenvalue weighted by molar-refractivity contribution is 5.89. The van der Waals surface area contributed by atoms with E-state index in [1.54, 1.807) is 0 Å². The van der Waals surface area contributed by atoms with Gasteiger partial charge in [0.2, 0.25) is 11.8 Å². The number of nitrogens with zero attached hydrogens (tertiary/aromatic N) is 3. The molecule has 2 fully saturated rings. The van der Waals surface area contributed by atoms with Crippen LogP contribution in [0.3, 0.4) is 0 Å². The summed E-state index contributed by atoms with van der Waals surface area (Å²) in [5.74, 6) is 0.136. The summed E-state index contributed by atoms with van der Waals surface area (Å²) in [5.41, 5.74) is 1.21. The molecule has 0 saturated carbocycles. The maximum absolute atomic E-state index is 12.8. The van der Waals surface area contributed by atoms with E-state index in [-0.39, 0.29) is 23.8 Å². The SMILES string of the molecule is CCC(C)N1CC(C(=O)N2CCN(C/C=C/c3ccccc3)CC2)CC1=O. The highest BCUT2D eigenvalue weighted by Crippen LogP contribution is 2.23. The summed E-state index contributed by atoms with van der Waals surface area (Å²) in [6.07, 6.45) is 5.64. The highest BCUT2D eigenvalue weighted by atomic mass is 16.2. The second-order valence-electron chi connectivity index (χ2n) is 7.64. The molecule has 27 heavy (non-hydrogen) atoms. The normalized spacial score (nSPS) is 22.6. The maximum Gasteiger partial charge on any atom is 0.228 e. The van der Waals surface area contributed by atoms with Crippen LogP contribution in [0.2, 0.25) is 0 Å². The Hall–Kier alpha value is -2.14. The minimum Gasteiger partial charge on any atom is -0.340 e. The van der Waals surface area contributed by atoms with E-state index in [1.807, 2.05) is 28.0 Å². The Kier molecular flexibility index (Phi) is 6.67. The number of carbonyl (C=O) groups is 2. The van der Waals surface area contributed by atoms with Crippen molar-refractivity contribution in [3.8, 4) is 0 Å². The second-order valence-corrected chi connectivity index (χ2v) is 7.64. The number of hydrogen-bond acceptors (Lipinski definition) is 3. The third-order valence-electron chi connectivity index (χ3n) is 5.79.